The van der Waals surface area contributed by atoms with E-state index < -0.39 is 0 Å². The summed E-state index contributed by atoms with van der Waals surface area (Å²) in [5.74, 6) is 1.12. The van der Waals surface area contributed by atoms with E-state index >= 15 is 0 Å². The Kier molecular flexibility index (Phi) is 2.71. The molecule has 0 aromatic carbocycles. The third-order valence-corrected chi connectivity index (χ3v) is 3.71. The van der Waals surface area contributed by atoms with Crippen LogP contribution in [0.15, 0.2) is 23.2 Å². The van der Waals surface area contributed by atoms with Gasteiger partial charge in [-0.05, 0) is 28.8 Å². The molecule has 1 atom stereocenters. The Morgan fingerprint density at radius 3 is 3.44 bits per heavy atom. The zero-order chi connectivity index (χ0) is 10.8. The minimum atomic E-state index is 0.522. The largest absolute Gasteiger partial charge is 0.308 e. The van der Waals surface area contributed by atoms with Crippen LogP contribution in [0, 0.1) is 0 Å². The Morgan fingerprint density at radius 2 is 2.56 bits per heavy atom. The molecular formula is C11H14N4S. The summed E-state index contributed by atoms with van der Waals surface area (Å²) < 4.78 is 2.01. The van der Waals surface area contributed by atoms with Gasteiger partial charge in [-0.15, -0.1) is 0 Å². The lowest BCUT2D eigenvalue weighted by Gasteiger charge is -2.23. The first-order valence-corrected chi connectivity index (χ1v) is 6.47. The van der Waals surface area contributed by atoms with E-state index in [4.69, 9.17) is 0 Å². The fraction of sp³-hybridized carbons (Fsp3) is 0.455. The van der Waals surface area contributed by atoms with Crippen LogP contribution in [0.25, 0.3) is 0 Å². The Balaban J connectivity index is 1.58. The summed E-state index contributed by atoms with van der Waals surface area (Å²) in [5, 5.41) is 12.1. The average molecular weight is 234 g/mol. The third kappa shape index (κ3) is 2.01. The fourth-order valence-corrected chi connectivity index (χ4v) is 2.73. The molecule has 0 saturated carbocycles. The minimum Gasteiger partial charge on any atom is -0.308 e. The summed E-state index contributed by atoms with van der Waals surface area (Å²) in [7, 11) is 0. The number of aromatic nitrogens is 3. The second-order valence-corrected chi connectivity index (χ2v) is 4.89. The predicted molar refractivity (Wildman–Crippen MR) is 63.3 cm³/mol. The Labute approximate surface area is 98.3 Å². The number of hydrogen-bond donors (Lipinski definition) is 1. The van der Waals surface area contributed by atoms with Crippen molar-refractivity contribution in [2.45, 2.75) is 32.0 Å². The van der Waals surface area contributed by atoms with E-state index in [1.807, 2.05) is 4.68 Å². The van der Waals surface area contributed by atoms with Gasteiger partial charge in [-0.3, -0.25) is 0 Å². The molecule has 0 radical (unpaired) electrons. The molecule has 5 heteroatoms. The fourth-order valence-electron chi connectivity index (χ4n) is 2.06. The molecule has 1 aliphatic heterocycles. The van der Waals surface area contributed by atoms with Gasteiger partial charge in [0.05, 0.1) is 6.54 Å². The zero-order valence-electron chi connectivity index (χ0n) is 8.97. The van der Waals surface area contributed by atoms with Gasteiger partial charge in [0, 0.05) is 19.0 Å². The van der Waals surface area contributed by atoms with Crippen molar-refractivity contribution in [3.63, 3.8) is 0 Å². The van der Waals surface area contributed by atoms with Crippen molar-refractivity contribution in [1.29, 1.82) is 0 Å². The molecule has 1 aliphatic rings. The van der Waals surface area contributed by atoms with Gasteiger partial charge in [0.1, 0.15) is 12.2 Å². The molecule has 4 nitrogen and oxygen atoms in total. The van der Waals surface area contributed by atoms with Crippen LogP contribution in [0.4, 0.5) is 0 Å². The number of hydrogen-bond acceptors (Lipinski definition) is 4. The highest BCUT2D eigenvalue weighted by molar-refractivity contribution is 7.07. The van der Waals surface area contributed by atoms with Crippen molar-refractivity contribution in [2.75, 3.05) is 0 Å². The van der Waals surface area contributed by atoms with Gasteiger partial charge >= 0.3 is 0 Å². The number of nitrogens with zero attached hydrogens (tertiary/aromatic N) is 3. The van der Waals surface area contributed by atoms with Crippen molar-refractivity contribution < 1.29 is 0 Å². The SMILES string of the molecule is c1nc2n(n1)CC(NCc1ccsc1)CC2. The van der Waals surface area contributed by atoms with Crippen LogP contribution in [-0.2, 0) is 19.5 Å². The normalized spacial score (nSPS) is 19.6. The molecule has 0 amide bonds. The second kappa shape index (κ2) is 4.35. The summed E-state index contributed by atoms with van der Waals surface area (Å²) in [6.07, 6.45) is 3.83. The highest BCUT2D eigenvalue weighted by atomic mass is 32.1. The van der Waals surface area contributed by atoms with Crippen LogP contribution in [0.2, 0.25) is 0 Å². The lowest BCUT2D eigenvalue weighted by Crippen LogP contribution is -2.37. The van der Waals surface area contributed by atoms with E-state index in [9.17, 15) is 0 Å². The Bertz CT molecular complexity index is 448. The molecule has 3 heterocycles. The number of thiophene rings is 1. The maximum atomic E-state index is 4.23. The highest BCUT2D eigenvalue weighted by Gasteiger charge is 2.18. The van der Waals surface area contributed by atoms with Gasteiger partial charge in [-0.1, -0.05) is 0 Å². The van der Waals surface area contributed by atoms with E-state index in [0.717, 1.165) is 31.8 Å². The van der Waals surface area contributed by atoms with Gasteiger partial charge in [-0.2, -0.15) is 16.4 Å². The number of fused-ring (bicyclic) bond motifs is 1. The van der Waals surface area contributed by atoms with Crippen LogP contribution >= 0.6 is 11.3 Å². The molecule has 0 spiro atoms. The highest BCUT2D eigenvalue weighted by Crippen LogP contribution is 2.12. The summed E-state index contributed by atoms with van der Waals surface area (Å²) in [5.41, 5.74) is 1.37. The number of aryl methyl sites for hydroxylation is 1. The van der Waals surface area contributed by atoms with Crippen molar-refractivity contribution in [3.05, 3.63) is 34.5 Å². The summed E-state index contributed by atoms with van der Waals surface area (Å²) in [6, 6.07) is 2.69. The first-order valence-electron chi connectivity index (χ1n) is 5.53. The molecule has 16 heavy (non-hydrogen) atoms. The van der Waals surface area contributed by atoms with Crippen LogP contribution in [0.1, 0.15) is 17.8 Å². The molecule has 2 aromatic heterocycles. The molecule has 0 fully saturated rings. The van der Waals surface area contributed by atoms with Gasteiger partial charge in [0.15, 0.2) is 0 Å². The summed E-state index contributed by atoms with van der Waals surface area (Å²) in [4.78, 5) is 4.23. The Hall–Kier alpha value is -1.20. The number of rotatable bonds is 3. The van der Waals surface area contributed by atoms with Gasteiger partial charge < -0.3 is 5.32 Å². The van der Waals surface area contributed by atoms with E-state index in [2.05, 4.69) is 32.2 Å². The lowest BCUT2D eigenvalue weighted by atomic mass is 10.1. The quantitative estimate of drug-likeness (QED) is 0.874. The molecule has 3 rings (SSSR count). The van der Waals surface area contributed by atoms with E-state index in [1.54, 1.807) is 17.7 Å². The smallest absolute Gasteiger partial charge is 0.138 e. The number of nitrogens with one attached hydrogen (secondary N) is 1. The second-order valence-electron chi connectivity index (χ2n) is 4.11. The van der Waals surface area contributed by atoms with Crippen LogP contribution in [-0.4, -0.2) is 20.8 Å². The predicted octanol–water partition coefficient (Wildman–Crippen LogP) is 1.44. The van der Waals surface area contributed by atoms with Gasteiger partial charge in [0.2, 0.25) is 0 Å². The molecule has 0 bridgehead atoms. The maximum absolute atomic E-state index is 4.23. The standard InChI is InChI=1S/C11H14N4S/c1-2-11-13-8-14-15(11)6-10(1)12-5-9-3-4-16-7-9/h3-4,7-8,10,12H,1-2,5-6H2. The van der Waals surface area contributed by atoms with E-state index in [1.165, 1.54) is 5.56 Å². The third-order valence-electron chi connectivity index (χ3n) is 2.98. The Morgan fingerprint density at radius 1 is 1.56 bits per heavy atom. The molecule has 2 aromatic rings. The monoisotopic (exact) mass is 234 g/mol. The van der Waals surface area contributed by atoms with Crippen molar-refractivity contribution in [3.8, 4) is 0 Å². The van der Waals surface area contributed by atoms with Gasteiger partial charge in [0.25, 0.3) is 0 Å². The molecule has 0 aliphatic carbocycles. The van der Waals surface area contributed by atoms with Crippen molar-refractivity contribution in [1.82, 2.24) is 20.1 Å². The van der Waals surface area contributed by atoms with Crippen molar-refractivity contribution >= 4 is 11.3 Å². The zero-order valence-corrected chi connectivity index (χ0v) is 9.78. The topological polar surface area (TPSA) is 42.7 Å². The minimum absolute atomic E-state index is 0.522. The first kappa shape index (κ1) is 9.99. The average Bonchev–Trinajstić information content (AvgIpc) is 2.97. The summed E-state index contributed by atoms with van der Waals surface area (Å²) >= 11 is 1.75. The first-order chi connectivity index (χ1) is 7.92. The maximum Gasteiger partial charge on any atom is 0.138 e. The lowest BCUT2D eigenvalue weighted by molar-refractivity contribution is 0.358. The molecule has 0 saturated heterocycles. The van der Waals surface area contributed by atoms with Crippen molar-refractivity contribution in [2.24, 2.45) is 0 Å². The van der Waals surface area contributed by atoms with Crippen LogP contribution in [0.5, 0.6) is 0 Å². The van der Waals surface area contributed by atoms with Crippen LogP contribution < -0.4 is 5.32 Å². The molecular weight excluding hydrogens is 220 g/mol. The van der Waals surface area contributed by atoms with E-state index in [-0.39, 0.29) is 0 Å². The van der Waals surface area contributed by atoms with Gasteiger partial charge in [-0.25, -0.2) is 9.67 Å². The molecule has 1 unspecified atom stereocenters. The molecule has 84 valence electrons. The molecule has 1 N–H and O–H groups in total. The van der Waals surface area contributed by atoms with Crippen LogP contribution in [0.3, 0.4) is 0 Å². The summed E-state index contributed by atoms with van der Waals surface area (Å²) in [6.45, 7) is 1.90. The van der Waals surface area contributed by atoms with E-state index in [0.29, 0.717) is 6.04 Å².